The van der Waals surface area contributed by atoms with E-state index in [4.69, 9.17) is 22.4 Å². The Balaban J connectivity index is 1.83. The van der Waals surface area contributed by atoms with E-state index in [-0.39, 0.29) is 33.7 Å². The number of carboxylic acid groups (broad SMARTS) is 1. The average molecular weight is 425 g/mol. The number of nitrogens with one attached hydrogen (secondary N) is 2. The smallest absolute Gasteiger partial charge is 0.417 e. The number of nitrogens with two attached hydrogens (primary N) is 1. The van der Waals surface area contributed by atoms with Gasteiger partial charge in [0.2, 0.25) is 0 Å². The third-order valence-corrected chi connectivity index (χ3v) is 3.97. The molecule has 0 spiro atoms. The molecule has 5 N–H and O–H groups in total. The SMILES string of the molecule is Nc1c(Nc2ccc(C(=O)O)cc2)ncnc1Nc1ncc(C(F)(F)F)cc1Cl. The van der Waals surface area contributed by atoms with Crippen molar-refractivity contribution in [2.24, 2.45) is 0 Å². The minimum absolute atomic E-state index is 0.0487. The number of carboxylic acids is 1. The fourth-order valence-corrected chi connectivity index (χ4v) is 2.44. The summed E-state index contributed by atoms with van der Waals surface area (Å²) in [6, 6.07) is 6.57. The van der Waals surface area contributed by atoms with Gasteiger partial charge in [0.25, 0.3) is 0 Å². The van der Waals surface area contributed by atoms with Crippen molar-refractivity contribution in [2.75, 3.05) is 16.4 Å². The number of benzene rings is 1. The van der Waals surface area contributed by atoms with Crippen LogP contribution in [0.2, 0.25) is 5.02 Å². The van der Waals surface area contributed by atoms with E-state index in [9.17, 15) is 18.0 Å². The lowest BCUT2D eigenvalue weighted by molar-refractivity contribution is -0.137. The molecule has 0 atom stereocenters. The molecule has 2 heterocycles. The van der Waals surface area contributed by atoms with Crippen LogP contribution in [0.4, 0.5) is 42.0 Å². The van der Waals surface area contributed by atoms with E-state index in [0.717, 1.165) is 6.07 Å². The lowest BCUT2D eigenvalue weighted by Gasteiger charge is -2.14. The Kier molecular flexibility index (Phi) is 5.41. The zero-order valence-electron chi connectivity index (χ0n) is 14.3. The van der Waals surface area contributed by atoms with Gasteiger partial charge in [-0.05, 0) is 30.3 Å². The van der Waals surface area contributed by atoms with Crippen molar-refractivity contribution in [3.63, 3.8) is 0 Å². The van der Waals surface area contributed by atoms with Crippen LogP contribution < -0.4 is 16.4 Å². The number of aromatic nitrogens is 3. The first kappa shape index (κ1) is 20.1. The molecule has 0 saturated carbocycles. The summed E-state index contributed by atoms with van der Waals surface area (Å²) in [5.74, 6) is -0.875. The van der Waals surface area contributed by atoms with E-state index in [1.165, 1.54) is 30.6 Å². The molecule has 0 amide bonds. The van der Waals surface area contributed by atoms with Crippen LogP contribution in [-0.4, -0.2) is 26.0 Å². The molecule has 8 nitrogen and oxygen atoms in total. The third-order valence-electron chi connectivity index (χ3n) is 3.68. The number of nitrogens with zero attached hydrogens (tertiary/aromatic N) is 3. The highest BCUT2D eigenvalue weighted by atomic mass is 35.5. The van der Waals surface area contributed by atoms with Crippen molar-refractivity contribution in [1.82, 2.24) is 15.0 Å². The maximum atomic E-state index is 12.7. The molecule has 1 aromatic carbocycles. The maximum absolute atomic E-state index is 12.7. The van der Waals surface area contributed by atoms with E-state index < -0.39 is 17.7 Å². The van der Waals surface area contributed by atoms with Gasteiger partial charge in [-0.2, -0.15) is 13.2 Å². The number of rotatable bonds is 5. The Bertz CT molecular complexity index is 1060. The molecule has 2 aromatic heterocycles. The lowest BCUT2D eigenvalue weighted by Crippen LogP contribution is -2.08. The molecule has 150 valence electrons. The fourth-order valence-electron chi connectivity index (χ4n) is 2.22. The standard InChI is InChI=1S/C17H12ClF3N6O2/c18-11-5-9(17(19,20)21)6-23-13(11)27-15-12(22)14(24-7-25-15)26-10-3-1-8(2-4-10)16(28)29/h1-7H,22H2,(H,28,29)(H2,23,24,25,26,27). The van der Waals surface area contributed by atoms with Crippen LogP contribution >= 0.6 is 11.6 Å². The molecule has 3 rings (SSSR count). The molecular weight excluding hydrogens is 413 g/mol. The summed E-state index contributed by atoms with van der Waals surface area (Å²) in [6.07, 6.45) is -2.77. The Morgan fingerprint density at radius 2 is 1.66 bits per heavy atom. The number of anilines is 5. The molecule has 3 aromatic rings. The minimum Gasteiger partial charge on any atom is -0.478 e. The van der Waals surface area contributed by atoms with Crippen LogP contribution in [0, 0.1) is 0 Å². The highest BCUT2D eigenvalue weighted by Gasteiger charge is 2.31. The molecule has 12 heteroatoms. The number of alkyl halides is 3. The molecule has 0 aliphatic rings. The molecular formula is C17H12ClF3N6O2. The van der Waals surface area contributed by atoms with E-state index >= 15 is 0 Å². The summed E-state index contributed by atoms with van der Waals surface area (Å²) in [4.78, 5) is 22.5. The third kappa shape index (κ3) is 4.63. The summed E-state index contributed by atoms with van der Waals surface area (Å²) in [5.41, 5.74) is 5.69. The number of pyridine rings is 1. The monoisotopic (exact) mass is 424 g/mol. The van der Waals surface area contributed by atoms with Crippen LogP contribution in [0.1, 0.15) is 15.9 Å². The van der Waals surface area contributed by atoms with Crippen LogP contribution in [0.25, 0.3) is 0 Å². The van der Waals surface area contributed by atoms with Gasteiger partial charge in [-0.3, -0.25) is 0 Å². The highest BCUT2D eigenvalue weighted by molar-refractivity contribution is 6.33. The van der Waals surface area contributed by atoms with Crippen LogP contribution in [0.5, 0.6) is 0 Å². The zero-order valence-corrected chi connectivity index (χ0v) is 15.1. The van der Waals surface area contributed by atoms with E-state index in [1.807, 2.05) is 0 Å². The summed E-state index contributed by atoms with van der Waals surface area (Å²) in [6.45, 7) is 0. The van der Waals surface area contributed by atoms with E-state index in [1.54, 1.807) is 0 Å². The molecule has 0 unspecified atom stereocenters. The number of nitrogen functional groups attached to an aromatic ring is 1. The highest BCUT2D eigenvalue weighted by Crippen LogP contribution is 2.34. The van der Waals surface area contributed by atoms with Crippen molar-refractivity contribution in [3.8, 4) is 0 Å². The number of carbonyl (C=O) groups is 1. The zero-order chi connectivity index (χ0) is 21.2. The second-order valence-corrected chi connectivity index (χ2v) is 6.08. The van der Waals surface area contributed by atoms with Crippen LogP contribution in [0.15, 0.2) is 42.9 Å². The molecule has 0 aliphatic carbocycles. The predicted molar refractivity (Wildman–Crippen MR) is 101 cm³/mol. The predicted octanol–water partition coefficient (Wildman–Crippen LogP) is 4.31. The van der Waals surface area contributed by atoms with Gasteiger partial charge >= 0.3 is 12.1 Å². The summed E-state index contributed by atoms with van der Waals surface area (Å²) < 4.78 is 38.2. The van der Waals surface area contributed by atoms with E-state index in [0.29, 0.717) is 11.9 Å². The Morgan fingerprint density at radius 1 is 1.03 bits per heavy atom. The van der Waals surface area contributed by atoms with Crippen LogP contribution in [0.3, 0.4) is 0 Å². The topological polar surface area (TPSA) is 126 Å². The van der Waals surface area contributed by atoms with Crippen molar-refractivity contribution < 1.29 is 23.1 Å². The molecule has 0 radical (unpaired) electrons. The van der Waals surface area contributed by atoms with Crippen LogP contribution in [-0.2, 0) is 6.18 Å². The van der Waals surface area contributed by atoms with Gasteiger partial charge in [0.15, 0.2) is 11.6 Å². The fraction of sp³-hybridized carbons (Fsp3) is 0.0588. The summed E-state index contributed by atoms with van der Waals surface area (Å²) in [5, 5.41) is 14.2. The summed E-state index contributed by atoms with van der Waals surface area (Å²) in [7, 11) is 0. The largest absolute Gasteiger partial charge is 0.478 e. The Hall–Kier alpha value is -3.60. The quantitative estimate of drug-likeness (QED) is 0.477. The average Bonchev–Trinajstić information content (AvgIpc) is 2.66. The molecule has 0 saturated heterocycles. The van der Waals surface area contributed by atoms with Crippen molar-refractivity contribution >= 4 is 46.4 Å². The molecule has 0 bridgehead atoms. The van der Waals surface area contributed by atoms with Gasteiger partial charge in [-0.15, -0.1) is 0 Å². The number of hydrogen-bond acceptors (Lipinski definition) is 7. The molecule has 0 fully saturated rings. The second kappa shape index (κ2) is 7.80. The van der Waals surface area contributed by atoms with E-state index in [2.05, 4.69) is 25.6 Å². The molecule has 0 aliphatic heterocycles. The van der Waals surface area contributed by atoms with Gasteiger partial charge in [-0.1, -0.05) is 11.6 Å². The second-order valence-electron chi connectivity index (χ2n) is 5.67. The van der Waals surface area contributed by atoms with Gasteiger partial charge in [0, 0.05) is 11.9 Å². The normalized spacial score (nSPS) is 11.2. The van der Waals surface area contributed by atoms with Crippen molar-refractivity contribution in [2.45, 2.75) is 6.18 Å². The van der Waals surface area contributed by atoms with Crippen molar-refractivity contribution in [1.29, 1.82) is 0 Å². The first-order valence-electron chi connectivity index (χ1n) is 7.86. The minimum atomic E-state index is -4.57. The Labute approximate surface area is 166 Å². The van der Waals surface area contributed by atoms with Gasteiger partial charge in [-0.25, -0.2) is 19.7 Å². The van der Waals surface area contributed by atoms with Gasteiger partial charge in [0.1, 0.15) is 17.8 Å². The number of hydrogen-bond donors (Lipinski definition) is 4. The first-order valence-corrected chi connectivity index (χ1v) is 8.23. The Morgan fingerprint density at radius 3 is 2.21 bits per heavy atom. The maximum Gasteiger partial charge on any atom is 0.417 e. The summed E-state index contributed by atoms with van der Waals surface area (Å²) >= 11 is 5.87. The van der Waals surface area contributed by atoms with Gasteiger partial charge < -0.3 is 21.5 Å². The number of aromatic carboxylic acids is 1. The first-order chi connectivity index (χ1) is 13.6. The van der Waals surface area contributed by atoms with Crippen molar-refractivity contribution in [3.05, 3.63) is 59.0 Å². The lowest BCUT2D eigenvalue weighted by atomic mass is 10.2. The molecule has 29 heavy (non-hydrogen) atoms. The number of halogens is 4. The van der Waals surface area contributed by atoms with Gasteiger partial charge in [0.05, 0.1) is 16.1 Å².